The van der Waals surface area contributed by atoms with Crippen LogP contribution < -0.4 is 20.1 Å². The lowest BCUT2D eigenvalue weighted by molar-refractivity contribution is -0.119. The van der Waals surface area contributed by atoms with Crippen molar-refractivity contribution in [2.45, 2.75) is 22.5 Å². The Bertz CT molecular complexity index is 1330. The summed E-state index contributed by atoms with van der Waals surface area (Å²) < 4.78 is 51.3. The van der Waals surface area contributed by atoms with Crippen LogP contribution in [0.25, 0.3) is 0 Å². The molecule has 0 saturated heterocycles. The Morgan fingerprint density at radius 2 is 1.81 bits per heavy atom. The highest BCUT2D eigenvalue weighted by Crippen LogP contribution is 2.39. The summed E-state index contributed by atoms with van der Waals surface area (Å²) in [5.41, 5.74) is 1.66. The van der Waals surface area contributed by atoms with E-state index in [9.17, 15) is 17.6 Å². The predicted molar refractivity (Wildman–Crippen MR) is 145 cm³/mol. The zero-order valence-electron chi connectivity index (χ0n) is 20.6. The van der Waals surface area contributed by atoms with Crippen LogP contribution in [0.5, 0.6) is 11.5 Å². The lowest BCUT2D eigenvalue weighted by Gasteiger charge is -2.17. The van der Waals surface area contributed by atoms with E-state index in [1.807, 2.05) is 6.92 Å². The summed E-state index contributed by atoms with van der Waals surface area (Å²) in [5.74, 6) is 0.641. The number of benzene rings is 3. The van der Waals surface area contributed by atoms with Crippen LogP contribution in [-0.4, -0.2) is 47.4 Å². The Morgan fingerprint density at radius 3 is 2.46 bits per heavy atom. The van der Waals surface area contributed by atoms with Crippen molar-refractivity contribution >= 4 is 44.8 Å². The number of rotatable bonds is 12. The fraction of sp³-hybridized carbons (Fsp3) is 0.269. The molecule has 0 fully saturated rings. The molecule has 0 aliphatic heterocycles. The van der Waals surface area contributed by atoms with Crippen molar-refractivity contribution < 1.29 is 27.1 Å². The molecule has 0 atom stereocenters. The standard InChI is InChI=1S/C26H28ClFN2O5S2/c1-17-7-9-19(10-8-17)37(32,33)24-14-18(34-2)13-23(26(24)35-3)30-15-25(31)29-11-12-36-16-20-21(27)5-4-6-22(20)28/h4-10,13-14,30H,11-12,15-16H2,1-3H3,(H,29,31). The summed E-state index contributed by atoms with van der Waals surface area (Å²) in [4.78, 5) is 12.4. The van der Waals surface area contributed by atoms with Crippen molar-refractivity contribution in [3.63, 3.8) is 0 Å². The van der Waals surface area contributed by atoms with E-state index in [-0.39, 0.29) is 39.6 Å². The van der Waals surface area contributed by atoms with Gasteiger partial charge in [0.1, 0.15) is 16.5 Å². The van der Waals surface area contributed by atoms with Crippen molar-refractivity contribution in [2.75, 3.05) is 38.4 Å². The largest absolute Gasteiger partial charge is 0.497 e. The summed E-state index contributed by atoms with van der Waals surface area (Å²) in [5, 5.41) is 6.08. The van der Waals surface area contributed by atoms with Crippen LogP contribution in [-0.2, 0) is 20.4 Å². The van der Waals surface area contributed by atoms with Crippen molar-refractivity contribution in [3.05, 3.63) is 76.6 Å². The van der Waals surface area contributed by atoms with Gasteiger partial charge in [-0.15, -0.1) is 0 Å². The van der Waals surface area contributed by atoms with Gasteiger partial charge in [-0.3, -0.25) is 4.79 Å². The third kappa shape index (κ3) is 7.30. The van der Waals surface area contributed by atoms with Crippen molar-refractivity contribution in [1.82, 2.24) is 5.32 Å². The molecule has 7 nitrogen and oxygen atoms in total. The number of ether oxygens (including phenoxy) is 2. The van der Waals surface area contributed by atoms with Crippen molar-refractivity contribution in [3.8, 4) is 11.5 Å². The number of hydrogen-bond acceptors (Lipinski definition) is 7. The van der Waals surface area contributed by atoms with Crippen LogP contribution >= 0.6 is 23.4 Å². The molecule has 0 unspecified atom stereocenters. The molecule has 0 spiro atoms. The maximum absolute atomic E-state index is 13.8. The molecule has 1 amide bonds. The number of carbonyl (C=O) groups excluding carboxylic acids is 1. The summed E-state index contributed by atoms with van der Waals surface area (Å²) in [7, 11) is -1.14. The van der Waals surface area contributed by atoms with Crippen LogP contribution in [0.15, 0.2) is 64.4 Å². The van der Waals surface area contributed by atoms with Crippen LogP contribution in [0.4, 0.5) is 10.1 Å². The van der Waals surface area contributed by atoms with Gasteiger partial charge in [-0.05, 0) is 31.2 Å². The highest BCUT2D eigenvalue weighted by atomic mass is 35.5. The van der Waals surface area contributed by atoms with Gasteiger partial charge in [-0.1, -0.05) is 35.4 Å². The number of aryl methyl sites for hydroxylation is 1. The first-order valence-electron chi connectivity index (χ1n) is 11.3. The molecular weight excluding hydrogens is 539 g/mol. The number of amides is 1. The first-order chi connectivity index (χ1) is 17.7. The fourth-order valence-electron chi connectivity index (χ4n) is 3.43. The Labute approximate surface area is 225 Å². The van der Waals surface area contributed by atoms with E-state index in [1.54, 1.807) is 30.3 Å². The molecule has 11 heteroatoms. The van der Waals surface area contributed by atoms with Gasteiger partial charge in [0.05, 0.1) is 31.3 Å². The van der Waals surface area contributed by atoms with E-state index < -0.39 is 9.84 Å². The fourth-order valence-corrected chi connectivity index (χ4v) is 6.08. The Hall–Kier alpha value is -2.95. The number of thioether (sulfide) groups is 1. The monoisotopic (exact) mass is 566 g/mol. The summed E-state index contributed by atoms with van der Waals surface area (Å²) >= 11 is 7.47. The van der Waals surface area contributed by atoms with Gasteiger partial charge < -0.3 is 20.1 Å². The topological polar surface area (TPSA) is 93.7 Å². The van der Waals surface area contributed by atoms with Gasteiger partial charge in [-0.25, -0.2) is 12.8 Å². The van der Waals surface area contributed by atoms with E-state index in [0.29, 0.717) is 34.3 Å². The number of halogens is 2. The van der Waals surface area contributed by atoms with Gasteiger partial charge >= 0.3 is 0 Å². The maximum atomic E-state index is 13.8. The first-order valence-corrected chi connectivity index (χ1v) is 14.3. The lowest BCUT2D eigenvalue weighted by Crippen LogP contribution is -2.31. The summed E-state index contributed by atoms with van der Waals surface area (Å²) in [6.07, 6.45) is 0. The predicted octanol–water partition coefficient (Wildman–Crippen LogP) is 5.10. The Balaban J connectivity index is 1.64. The van der Waals surface area contributed by atoms with Crippen LogP contribution in [0, 0.1) is 12.7 Å². The average Bonchev–Trinajstić information content (AvgIpc) is 2.88. The molecule has 0 aromatic heterocycles. The van der Waals surface area contributed by atoms with Gasteiger partial charge in [0, 0.05) is 40.8 Å². The average molecular weight is 567 g/mol. The highest BCUT2D eigenvalue weighted by Gasteiger charge is 2.26. The first kappa shape index (κ1) is 28.6. The number of carbonyl (C=O) groups is 1. The van der Waals surface area contributed by atoms with E-state index in [1.165, 1.54) is 50.2 Å². The number of anilines is 1. The SMILES string of the molecule is COc1cc(NCC(=O)NCCSCc2c(F)cccc2Cl)c(OC)c(S(=O)(=O)c2ccc(C)cc2)c1. The Morgan fingerprint density at radius 1 is 1.08 bits per heavy atom. The van der Waals surface area contributed by atoms with Crippen molar-refractivity contribution in [2.24, 2.45) is 0 Å². The van der Waals surface area contributed by atoms with Crippen LogP contribution in [0.1, 0.15) is 11.1 Å². The zero-order chi connectivity index (χ0) is 27.0. The minimum atomic E-state index is -3.93. The van der Waals surface area contributed by atoms with E-state index in [0.717, 1.165) is 5.56 Å². The van der Waals surface area contributed by atoms with Gasteiger partial charge in [0.25, 0.3) is 0 Å². The quantitative estimate of drug-likeness (QED) is 0.295. The normalized spacial score (nSPS) is 11.2. The van der Waals surface area contributed by atoms with Gasteiger partial charge in [0.15, 0.2) is 5.75 Å². The second-order valence-electron chi connectivity index (χ2n) is 7.98. The molecule has 0 aliphatic rings. The molecule has 0 aliphatic carbocycles. The maximum Gasteiger partial charge on any atom is 0.239 e. The van der Waals surface area contributed by atoms with Crippen molar-refractivity contribution in [1.29, 1.82) is 0 Å². The molecule has 0 radical (unpaired) electrons. The second-order valence-corrected chi connectivity index (χ2v) is 11.4. The van der Waals surface area contributed by atoms with Crippen LogP contribution in [0.3, 0.4) is 0 Å². The molecule has 2 N–H and O–H groups in total. The molecular formula is C26H28ClFN2O5S2. The molecule has 3 aromatic rings. The number of nitrogens with one attached hydrogen (secondary N) is 2. The molecule has 37 heavy (non-hydrogen) atoms. The minimum absolute atomic E-state index is 0.0755. The van der Waals surface area contributed by atoms with E-state index in [4.69, 9.17) is 21.1 Å². The highest BCUT2D eigenvalue weighted by molar-refractivity contribution is 7.98. The summed E-state index contributed by atoms with van der Waals surface area (Å²) in [6, 6.07) is 14.0. The molecule has 0 heterocycles. The molecule has 3 rings (SSSR count). The number of methoxy groups -OCH3 is 2. The second kappa shape index (κ2) is 13.0. The molecule has 3 aromatic carbocycles. The smallest absolute Gasteiger partial charge is 0.239 e. The lowest BCUT2D eigenvalue weighted by atomic mass is 10.2. The third-order valence-electron chi connectivity index (χ3n) is 5.41. The summed E-state index contributed by atoms with van der Waals surface area (Å²) in [6.45, 7) is 2.10. The molecule has 198 valence electrons. The number of sulfone groups is 1. The molecule has 0 saturated carbocycles. The van der Waals surface area contributed by atoms with E-state index >= 15 is 0 Å². The minimum Gasteiger partial charge on any atom is -0.497 e. The number of hydrogen-bond donors (Lipinski definition) is 2. The van der Waals surface area contributed by atoms with E-state index in [2.05, 4.69) is 10.6 Å². The van der Waals surface area contributed by atoms with Crippen LogP contribution in [0.2, 0.25) is 5.02 Å². The van der Waals surface area contributed by atoms with Gasteiger partial charge in [0.2, 0.25) is 15.7 Å². The zero-order valence-corrected chi connectivity index (χ0v) is 23.0. The van der Waals surface area contributed by atoms with Gasteiger partial charge in [-0.2, -0.15) is 11.8 Å². The molecule has 0 bridgehead atoms. The Kier molecular flexibility index (Phi) is 10.1. The third-order valence-corrected chi connectivity index (χ3v) is 8.52.